The monoisotopic (exact) mass is 257 g/mol. The number of hydrogen-bond acceptors (Lipinski definition) is 3. The average Bonchev–Trinajstić information content (AvgIpc) is 2.28. The van der Waals surface area contributed by atoms with Crippen molar-refractivity contribution in [1.29, 1.82) is 0 Å². The number of hydrogen-bond donors (Lipinski definition) is 2. The van der Waals surface area contributed by atoms with E-state index >= 15 is 0 Å². The molecule has 18 heavy (non-hydrogen) atoms. The molecule has 1 fully saturated rings. The molecule has 4 nitrogen and oxygen atoms in total. The second kappa shape index (κ2) is 6.53. The van der Waals surface area contributed by atoms with Crippen molar-refractivity contribution in [3.05, 3.63) is 0 Å². The van der Waals surface area contributed by atoms with Crippen LogP contribution in [-0.2, 0) is 9.53 Å². The molecule has 106 valence electrons. The van der Waals surface area contributed by atoms with E-state index in [0.29, 0.717) is 25.0 Å². The van der Waals surface area contributed by atoms with Gasteiger partial charge in [0.25, 0.3) is 0 Å². The molecule has 2 N–H and O–H groups in total. The topological polar surface area (TPSA) is 58.6 Å². The van der Waals surface area contributed by atoms with Gasteiger partial charge < -0.3 is 9.84 Å². The van der Waals surface area contributed by atoms with Crippen LogP contribution in [0.4, 0.5) is 0 Å². The lowest BCUT2D eigenvalue weighted by Crippen LogP contribution is -2.62. The summed E-state index contributed by atoms with van der Waals surface area (Å²) in [7, 11) is 1.64. The van der Waals surface area contributed by atoms with Crippen LogP contribution in [0, 0.1) is 17.8 Å². The fourth-order valence-corrected chi connectivity index (χ4v) is 3.32. The lowest BCUT2D eigenvalue weighted by atomic mass is 9.65. The van der Waals surface area contributed by atoms with Gasteiger partial charge in [0, 0.05) is 13.7 Å². The quantitative estimate of drug-likeness (QED) is 0.716. The van der Waals surface area contributed by atoms with Gasteiger partial charge >= 0.3 is 5.97 Å². The third-order valence-electron chi connectivity index (χ3n) is 4.21. The maximum Gasteiger partial charge on any atom is 0.324 e. The van der Waals surface area contributed by atoms with Gasteiger partial charge in [-0.3, -0.25) is 10.1 Å². The molecule has 0 spiro atoms. The Morgan fingerprint density at radius 2 is 2.17 bits per heavy atom. The number of aliphatic carboxylic acids is 1. The fourth-order valence-electron chi connectivity index (χ4n) is 3.32. The minimum atomic E-state index is -0.773. The first-order chi connectivity index (χ1) is 8.44. The molecule has 0 saturated heterocycles. The van der Waals surface area contributed by atoms with Crippen molar-refractivity contribution in [3.8, 4) is 0 Å². The Kier molecular flexibility index (Phi) is 5.60. The van der Waals surface area contributed by atoms with E-state index in [0.717, 1.165) is 19.3 Å². The fraction of sp³-hybridized carbons (Fsp3) is 0.929. The second-order valence-corrected chi connectivity index (χ2v) is 5.93. The molecule has 3 atom stereocenters. The Balaban J connectivity index is 2.90. The van der Waals surface area contributed by atoms with Crippen LogP contribution in [0.2, 0.25) is 0 Å². The molecule has 0 bridgehead atoms. The SMILES string of the molecule is COCCNC1(C(=O)O)CC(C)CCC1C(C)C. The first kappa shape index (κ1) is 15.4. The lowest BCUT2D eigenvalue weighted by molar-refractivity contribution is -0.151. The van der Waals surface area contributed by atoms with Gasteiger partial charge in [0.15, 0.2) is 0 Å². The molecule has 0 aliphatic heterocycles. The van der Waals surface area contributed by atoms with Crippen molar-refractivity contribution in [2.75, 3.05) is 20.3 Å². The minimum absolute atomic E-state index is 0.197. The number of rotatable bonds is 6. The zero-order valence-electron chi connectivity index (χ0n) is 12.0. The van der Waals surface area contributed by atoms with Gasteiger partial charge in [0.05, 0.1) is 6.61 Å². The summed E-state index contributed by atoms with van der Waals surface area (Å²) >= 11 is 0. The molecule has 1 saturated carbocycles. The van der Waals surface area contributed by atoms with Crippen LogP contribution in [0.15, 0.2) is 0 Å². The van der Waals surface area contributed by atoms with E-state index in [9.17, 15) is 9.90 Å². The molecule has 0 radical (unpaired) electrons. The highest BCUT2D eigenvalue weighted by Crippen LogP contribution is 2.41. The zero-order chi connectivity index (χ0) is 13.8. The van der Waals surface area contributed by atoms with E-state index in [1.54, 1.807) is 7.11 Å². The summed E-state index contributed by atoms with van der Waals surface area (Å²) in [5, 5.41) is 13.0. The minimum Gasteiger partial charge on any atom is -0.480 e. The Hall–Kier alpha value is -0.610. The summed E-state index contributed by atoms with van der Waals surface area (Å²) < 4.78 is 5.02. The normalized spacial score (nSPS) is 32.7. The molecule has 0 amide bonds. The van der Waals surface area contributed by atoms with Gasteiger partial charge in [-0.25, -0.2) is 0 Å². The van der Waals surface area contributed by atoms with E-state index in [-0.39, 0.29) is 5.92 Å². The molecule has 4 heteroatoms. The molecular weight excluding hydrogens is 230 g/mol. The Morgan fingerprint density at radius 1 is 1.50 bits per heavy atom. The van der Waals surface area contributed by atoms with Crippen molar-refractivity contribution >= 4 is 5.97 Å². The van der Waals surface area contributed by atoms with Gasteiger partial charge in [-0.1, -0.05) is 27.2 Å². The summed E-state index contributed by atoms with van der Waals surface area (Å²) in [6.45, 7) is 7.53. The Labute approximate surface area is 110 Å². The van der Waals surface area contributed by atoms with E-state index in [1.807, 2.05) is 0 Å². The van der Waals surface area contributed by atoms with Crippen molar-refractivity contribution in [2.45, 2.75) is 45.6 Å². The van der Waals surface area contributed by atoms with Crippen molar-refractivity contribution in [3.63, 3.8) is 0 Å². The second-order valence-electron chi connectivity index (χ2n) is 5.93. The summed E-state index contributed by atoms with van der Waals surface area (Å²) in [5.74, 6) is 0.335. The zero-order valence-corrected chi connectivity index (χ0v) is 12.0. The number of carboxylic acid groups (broad SMARTS) is 1. The predicted octanol–water partition coefficient (Wildman–Crippen LogP) is 2.14. The van der Waals surface area contributed by atoms with Gasteiger partial charge in [-0.15, -0.1) is 0 Å². The number of nitrogens with one attached hydrogen (secondary N) is 1. The van der Waals surface area contributed by atoms with E-state index in [2.05, 4.69) is 26.1 Å². The highest BCUT2D eigenvalue weighted by molar-refractivity contribution is 5.79. The predicted molar refractivity (Wildman–Crippen MR) is 71.6 cm³/mol. The molecule has 3 unspecified atom stereocenters. The average molecular weight is 257 g/mol. The maximum absolute atomic E-state index is 11.8. The summed E-state index contributed by atoms with van der Waals surface area (Å²) in [6.07, 6.45) is 2.84. The van der Waals surface area contributed by atoms with Crippen LogP contribution >= 0.6 is 0 Å². The van der Waals surface area contributed by atoms with Crippen LogP contribution in [0.3, 0.4) is 0 Å². The van der Waals surface area contributed by atoms with Crippen molar-refractivity contribution in [2.24, 2.45) is 17.8 Å². The highest BCUT2D eigenvalue weighted by Gasteiger charge is 2.49. The number of methoxy groups -OCH3 is 1. The standard InChI is InChI=1S/C14H27NO3/c1-10(2)12-6-5-11(3)9-14(12,13(16)17)15-7-8-18-4/h10-12,15H,5-9H2,1-4H3,(H,16,17). The summed E-state index contributed by atoms with van der Waals surface area (Å²) in [4.78, 5) is 11.8. The first-order valence-electron chi connectivity index (χ1n) is 6.91. The summed E-state index contributed by atoms with van der Waals surface area (Å²) in [6, 6.07) is 0. The maximum atomic E-state index is 11.8. The van der Waals surface area contributed by atoms with Gasteiger partial charge in [-0.05, 0) is 30.6 Å². The third-order valence-corrected chi connectivity index (χ3v) is 4.21. The number of carbonyl (C=O) groups is 1. The molecule has 1 rings (SSSR count). The van der Waals surface area contributed by atoms with Crippen molar-refractivity contribution in [1.82, 2.24) is 5.32 Å². The van der Waals surface area contributed by atoms with Crippen LogP contribution < -0.4 is 5.32 Å². The van der Waals surface area contributed by atoms with Crippen LogP contribution in [0.5, 0.6) is 0 Å². The van der Waals surface area contributed by atoms with E-state index in [1.165, 1.54) is 0 Å². The van der Waals surface area contributed by atoms with E-state index < -0.39 is 11.5 Å². The highest BCUT2D eigenvalue weighted by atomic mass is 16.5. The van der Waals surface area contributed by atoms with Gasteiger partial charge in [0.2, 0.25) is 0 Å². The molecule has 0 aromatic rings. The number of carboxylic acids is 1. The van der Waals surface area contributed by atoms with Crippen molar-refractivity contribution < 1.29 is 14.6 Å². The summed E-state index contributed by atoms with van der Waals surface area (Å²) in [5.41, 5.74) is -0.773. The van der Waals surface area contributed by atoms with Crippen LogP contribution in [0.25, 0.3) is 0 Å². The molecule has 0 heterocycles. The molecule has 0 aromatic heterocycles. The molecule has 1 aliphatic carbocycles. The smallest absolute Gasteiger partial charge is 0.324 e. The lowest BCUT2D eigenvalue weighted by Gasteiger charge is -2.46. The van der Waals surface area contributed by atoms with Crippen LogP contribution in [0.1, 0.15) is 40.0 Å². The molecule has 1 aliphatic rings. The van der Waals surface area contributed by atoms with E-state index in [4.69, 9.17) is 4.74 Å². The number of ether oxygens (including phenoxy) is 1. The Morgan fingerprint density at radius 3 is 2.67 bits per heavy atom. The largest absolute Gasteiger partial charge is 0.480 e. The third kappa shape index (κ3) is 3.23. The first-order valence-corrected chi connectivity index (χ1v) is 6.91. The molecular formula is C14H27NO3. The Bertz CT molecular complexity index is 280. The van der Waals surface area contributed by atoms with Crippen LogP contribution in [-0.4, -0.2) is 36.9 Å². The van der Waals surface area contributed by atoms with Gasteiger partial charge in [0.1, 0.15) is 5.54 Å². The van der Waals surface area contributed by atoms with Gasteiger partial charge in [-0.2, -0.15) is 0 Å². The molecule has 0 aromatic carbocycles.